The lowest BCUT2D eigenvalue weighted by molar-refractivity contribution is -0.680. The van der Waals surface area contributed by atoms with Crippen LogP contribution in [0, 0.1) is 5.21 Å². The monoisotopic (exact) mass is 317 g/mol. The van der Waals surface area contributed by atoms with Crippen molar-refractivity contribution >= 4 is 16.2 Å². The summed E-state index contributed by atoms with van der Waals surface area (Å²) in [5, 5.41) is 11.7. The first kappa shape index (κ1) is 16.9. The number of quaternary nitrogens is 1. The van der Waals surface area contributed by atoms with Crippen molar-refractivity contribution in [2.45, 2.75) is 46.0 Å². The van der Waals surface area contributed by atoms with E-state index in [-0.39, 0.29) is 5.06 Å². The average Bonchev–Trinajstić information content (AvgIpc) is 2.50. The van der Waals surface area contributed by atoms with Crippen molar-refractivity contribution in [2.75, 3.05) is 0 Å². The summed E-state index contributed by atoms with van der Waals surface area (Å²) in [6, 6.07) is 6.64. The zero-order chi connectivity index (χ0) is 15.9. The van der Waals surface area contributed by atoms with Crippen LogP contribution in [0.1, 0.15) is 43.4 Å². The van der Waals surface area contributed by atoms with Crippen molar-refractivity contribution in [3.8, 4) is 0 Å². The maximum Gasteiger partial charge on any atom is 0.233 e. The minimum atomic E-state index is -0.167. The molecule has 1 unspecified atom stereocenters. The van der Waals surface area contributed by atoms with Gasteiger partial charge in [0.05, 0.1) is 0 Å². The first-order valence-corrected chi connectivity index (χ1v) is 8.63. The molecule has 1 atom stereocenters. The van der Waals surface area contributed by atoms with E-state index in [0.29, 0.717) is 22.7 Å². The number of benzene rings is 1. The van der Waals surface area contributed by atoms with Crippen molar-refractivity contribution in [1.82, 2.24) is 0 Å². The van der Waals surface area contributed by atoms with Gasteiger partial charge in [-0.15, -0.1) is 0 Å². The lowest BCUT2D eigenvalue weighted by Crippen LogP contribution is -3.06. The molecule has 1 aromatic rings. The van der Waals surface area contributed by atoms with E-state index in [4.69, 9.17) is 0 Å². The fourth-order valence-corrected chi connectivity index (χ4v) is 3.20. The molecule has 0 spiro atoms. The third-order valence-electron chi connectivity index (χ3n) is 3.85. The molecule has 0 aliphatic carbocycles. The molecular formula is C18H23NO2S. The maximum atomic E-state index is 11.8. The van der Waals surface area contributed by atoms with Gasteiger partial charge in [-0.05, 0) is 41.7 Å². The Morgan fingerprint density at radius 2 is 1.91 bits per heavy atom. The molecule has 1 aliphatic rings. The molecule has 2 rings (SSSR count). The van der Waals surface area contributed by atoms with Crippen molar-refractivity contribution in [1.29, 1.82) is 0 Å². The highest BCUT2D eigenvalue weighted by Gasteiger charge is 2.18. The van der Waals surface area contributed by atoms with Gasteiger partial charge in [0, 0.05) is 12.0 Å². The normalized spacial score (nSPS) is 17.5. The Morgan fingerprint density at radius 1 is 1.14 bits per heavy atom. The number of hydroxylamine groups is 2. The molecule has 0 fully saturated rings. The Morgan fingerprint density at radius 3 is 2.59 bits per heavy atom. The first-order chi connectivity index (χ1) is 10.7. The molecule has 1 aliphatic heterocycles. The van der Waals surface area contributed by atoms with E-state index in [0.717, 1.165) is 31.3 Å². The summed E-state index contributed by atoms with van der Waals surface area (Å²) >= 11 is 0.312. The van der Waals surface area contributed by atoms with Gasteiger partial charge in [-0.25, -0.2) is 4.21 Å². The highest BCUT2D eigenvalue weighted by atomic mass is 32.1. The minimum Gasteiger partial charge on any atom is -0.623 e. The van der Waals surface area contributed by atoms with Crippen LogP contribution in [0.5, 0.6) is 0 Å². The predicted molar refractivity (Wildman–Crippen MR) is 92.8 cm³/mol. The van der Waals surface area contributed by atoms with Crippen molar-refractivity contribution in [3.05, 3.63) is 64.0 Å². The molecule has 118 valence electrons. The van der Waals surface area contributed by atoms with Crippen LogP contribution in [0.2, 0.25) is 0 Å². The molecule has 0 radical (unpaired) electrons. The molecule has 0 aromatic heterocycles. The second kappa shape index (κ2) is 8.22. The molecule has 0 bridgehead atoms. The molecule has 0 amide bonds. The summed E-state index contributed by atoms with van der Waals surface area (Å²) in [5.74, 6) is 0. The minimum absolute atomic E-state index is 0.167. The number of rotatable bonds is 6. The van der Waals surface area contributed by atoms with Crippen LogP contribution in [-0.4, -0.2) is 9.20 Å². The van der Waals surface area contributed by atoms with E-state index >= 15 is 0 Å². The fourth-order valence-electron chi connectivity index (χ4n) is 2.80. The Kier molecular flexibility index (Phi) is 6.31. The van der Waals surface area contributed by atoms with Crippen LogP contribution in [0.4, 0.5) is 0 Å². The van der Waals surface area contributed by atoms with Gasteiger partial charge in [0.25, 0.3) is 0 Å². The summed E-state index contributed by atoms with van der Waals surface area (Å²) in [4.78, 5) is 0.339. The zero-order valence-corrected chi connectivity index (χ0v) is 14.0. The molecule has 1 N–H and O–H groups in total. The average molecular weight is 317 g/mol. The zero-order valence-electron chi connectivity index (χ0n) is 13.2. The van der Waals surface area contributed by atoms with Crippen molar-refractivity contribution in [2.24, 2.45) is 0 Å². The maximum absolute atomic E-state index is 11.8. The number of hydrogen-bond donors (Lipinski definition) is 1. The van der Waals surface area contributed by atoms with Crippen LogP contribution in [-0.2, 0) is 30.5 Å². The summed E-state index contributed by atoms with van der Waals surface area (Å²) in [7, 11) is 0. The van der Waals surface area contributed by atoms with E-state index in [1.165, 1.54) is 22.9 Å². The number of hydrogen-bond acceptors (Lipinski definition) is 2. The van der Waals surface area contributed by atoms with Gasteiger partial charge in [-0.3, -0.25) is 0 Å². The van der Waals surface area contributed by atoms with Crippen LogP contribution >= 0.6 is 0 Å². The molecule has 3 nitrogen and oxygen atoms in total. The first-order valence-electron chi connectivity index (χ1n) is 7.89. The molecule has 0 saturated heterocycles. The second-order valence-corrected chi connectivity index (χ2v) is 6.18. The molecule has 4 heteroatoms. The van der Waals surface area contributed by atoms with Gasteiger partial charge >= 0.3 is 0 Å². The molecule has 0 saturated carbocycles. The van der Waals surface area contributed by atoms with Crippen LogP contribution < -0.4 is 5.06 Å². The second-order valence-electron chi connectivity index (χ2n) is 5.61. The summed E-state index contributed by atoms with van der Waals surface area (Å²) in [6.45, 7) is 4.34. The summed E-state index contributed by atoms with van der Waals surface area (Å²) < 4.78 is 11.3. The highest BCUT2D eigenvalue weighted by molar-refractivity contribution is 7.66. The number of nitrogens with one attached hydrogen (secondary N) is 1. The molecule has 1 aromatic carbocycles. The van der Waals surface area contributed by atoms with Crippen molar-refractivity contribution in [3.63, 3.8) is 0 Å². The van der Waals surface area contributed by atoms with Crippen LogP contribution in [0.3, 0.4) is 0 Å². The topological polar surface area (TPSA) is 44.6 Å². The Labute approximate surface area is 136 Å². The largest absolute Gasteiger partial charge is 0.623 e. The Bertz CT molecular complexity index is 642. The molecular weight excluding hydrogens is 294 g/mol. The number of allylic oxidation sites excluding steroid dienone is 2. The van der Waals surface area contributed by atoms with Gasteiger partial charge in [0.2, 0.25) is 4.99 Å². The van der Waals surface area contributed by atoms with E-state index < -0.39 is 0 Å². The van der Waals surface area contributed by atoms with E-state index in [2.05, 4.69) is 32.0 Å². The standard InChI is InChI=1S/C18H23NO2S/c1-3-6-14-9-10-15(7-4-2)17(12-14)13-16-8-5-11-19(20)18(16)22-21/h5,8-12,19H,3-4,6-7,13H2,1-2H3. The smallest absolute Gasteiger partial charge is 0.233 e. The van der Waals surface area contributed by atoms with E-state index in [9.17, 15) is 9.42 Å². The Hall–Kier alpha value is -1.49. The van der Waals surface area contributed by atoms with E-state index in [1.807, 2.05) is 6.08 Å². The lowest BCUT2D eigenvalue weighted by atomic mass is 9.93. The van der Waals surface area contributed by atoms with Gasteiger partial charge in [0.15, 0.2) is 11.3 Å². The van der Waals surface area contributed by atoms with Crippen LogP contribution in [0.15, 0.2) is 42.1 Å². The lowest BCUT2D eigenvalue weighted by Gasteiger charge is -2.22. The third-order valence-corrected chi connectivity index (χ3v) is 4.48. The SMILES string of the molecule is CCCc1ccc(CCC)c(CC2=CC=C[NH+]([O-])C2=S=O)c1. The summed E-state index contributed by atoms with van der Waals surface area (Å²) in [5.41, 5.74) is 4.74. The molecule has 1 heterocycles. The summed E-state index contributed by atoms with van der Waals surface area (Å²) in [6.07, 6.45) is 10.0. The highest BCUT2D eigenvalue weighted by Crippen LogP contribution is 2.19. The van der Waals surface area contributed by atoms with Gasteiger partial charge in [-0.1, -0.05) is 44.9 Å². The quantitative estimate of drug-likeness (QED) is 0.646. The Balaban J connectivity index is 2.34. The van der Waals surface area contributed by atoms with Gasteiger partial charge in [-0.2, -0.15) is 0 Å². The molecule has 22 heavy (non-hydrogen) atoms. The van der Waals surface area contributed by atoms with E-state index in [1.54, 1.807) is 6.08 Å². The van der Waals surface area contributed by atoms with Crippen LogP contribution in [0.25, 0.3) is 0 Å². The third kappa shape index (κ3) is 4.03. The van der Waals surface area contributed by atoms with Gasteiger partial charge in [0.1, 0.15) is 6.20 Å². The predicted octanol–water partition coefficient (Wildman–Crippen LogP) is 2.31. The van der Waals surface area contributed by atoms with Gasteiger partial charge < -0.3 is 10.3 Å². The number of aryl methyl sites for hydroxylation is 2. The van der Waals surface area contributed by atoms with Crippen molar-refractivity contribution < 1.29 is 9.27 Å². The fraction of sp³-hybridized carbons (Fsp3) is 0.389.